The van der Waals surface area contributed by atoms with Crippen LogP contribution in [0, 0.1) is 6.92 Å². The zero-order valence-electron chi connectivity index (χ0n) is 13.6. The van der Waals surface area contributed by atoms with Gasteiger partial charge in [-0.1, -0.05) is 12.8 Å². The van der Waals surface area contributed by atoms with Gasteiger partial charge in [0.25, 0.3) is 0 Å². The topological polar surface area (TPSA) is 91.5 Å². The number of rotatable bonds is 4. The van der Waals surface area contributed by atoms with Crippen LogP contribution >= 0.6 is 0 Å². The van der Waals surface area contributed by atoms with E-state index in [1.54, 1.807) is 17.9 Å². The molecule has 2 rings (SSSR count). The van der Waals surface area contributed by atoms with E-state index in [0.717, 1.165) is 31.4 Å². The van der Waals surface area contributed by atoms with Crippen LogP contribution in [0.1, 0.15) is 48.3 Å². The van der Waals surface area contributed by atoms with Gasteiger partial charge >= 0.3 is 5.97 Å². The number of esters is 1. The van der Waals surface area contributed by atoms with E-state index >= 15 is 0 Å². The SMILES string of the molecule is COC(=O)c1[nH]c(C)cc1NC(=O)CN1CCCCCCC1=O. The molecule has 0 atom stereocenters. The molecule has 1 aliphatic rings. The summed E-state index contributed by atoms with van der Waals surface area (Å²) in [5, 5.41) is 2.69. The molecule has 0 aliphatic carbocycles. The third kappa shape index (κ3) is 4.58. The molecule has 2 heterocycles. The number of H-pyrrole nitrogens is 1. The third-order valence-electron chi connectivity index (χ3n) is 3.87. The molecule has 1 saturated heterocycles. The number of amides is 2. The number of aromatic amines is 1. The second-order valence-corrected chi connectivity index (χ2v) is 5.76. The van der Waals surface area contributed by atoms with Crippen molar-refractivity contribution < 1.29 is 19.1 Å². The standard InChI is InChI=1S/C16H23N3O4/c1-11-9-12(15(17-11)16(22)23-2)18-13(20)10-19-8-6-4-3-5-7-14(19)21/h9,17H,3-8,10H2,1-2H3,(H,18,20). The molecule has 23 heavy (non-hydrogen) atoms. The predicted molar refractivity (Wildman–Crippen MR) is 85.2 cm³/mol. The first-order valence-electron chi connectivity index (χ1n) is 7.87. The van der Waals surface area contributed by atoms with Crippen LogP contribution in [0.25, 0.3) is 0 Å². The number of hydrogen-bond donors (Lipinski definition) is 2. The molecular weight excluding hydrogens is 298 g/mol. The molecule has 1 aliphatic heterocycles. The molecule has 1 aromatic heterocycles. The van der Waals surface area contributed by atoms with Crippen LogP contribution in [0.3, 0.4) is 0 Å². The van der Waals surface area contributed by atoms with Crippen molar-refractivity contribution in [2.45, 2.75) is 39.0 Å². The van der Waals surface area contributed by atoms with Gasteiger partial charge in [0, 0.05) is 18.7 Å². The summed E-state index contributed by atoms with van der Waals surface area (Å²) in [4.78, 5) is 40.4. The lowest BCUT2D eigenvalue weighted by molar-refractivity contribution is -0.135. The third-order valence-corrected chi connectivity index (χ3v) is 3.87. The lowest BCUT2D eigenvalue weighted by atomic mass is 10.1. The van der Waals surface area contributed by atoms with Crippen molar-refractivity contribution in [3.05, 3.63) is 17.5 Å². The van der Waals surface area contributed by atoms with Gasteiger partial charge in [-0.3, -0.25) is 9.59 Å². The fourth-order valence-electron chi connectivity index (χ4n) is 2.70. The monoisotopic (exact) mass is 321 g/mol. The highest BCUT2D eigenvalue weighted by atomic mass is 16.5. The van der Waals surface area contributed by atoms with E-state index in [-0.39, 0.29) is 24.1 Å². The van der Waals surface area contributed by atoms with Crippen molar-refractivity contribution in [2.75, 3.05) is 25.5 Å². The first-order chi connectivity index (χ1) is 11.0. The van der Waals surface area contributed by atoms with Crippen LogP contribution in [0.5, 0.6) is 0 Å². The Kier molecular flexibility index (Phi) is 5.78. The summed E-state index contributed by atoms with van der Waals surface area (Å²) in [6, 6.07) is 1.67. The van der Waals surface area contributed by atoms with Crippen molar-refractivity contribution >= 4 is 23.5 Å². The maximum atomic E-state index is 12.2. The Morgan fingerprint density at radius 3 is 2.78 bits per heavy atom. The Morgan fingerprint density at radius 1 is 1.30 bits per heavy atom. The first-order valence-corrected chi connectivity index (χ1v) is 7.87. The van der Waals surface area contributed by atoms with Crippen LogP contribution in [-0.2, 0) is 14.3 Å². The molecule has 1 aromatic rings. The highest BCUT2D eigenvalue weighted by molar-refractivity contribution is 6.01. The molecule has 0 saturated carbocycles. The summed E-state index contributed by atoms with van der Waals surface area (Å²) >= 11 is 0. The zero-order chi connectivity index (χ0) is 16.8. The number of methoxy groups -OCH3 is 1. The number of anilines is 1. The first kappa shape index (κ1) is 17.1. The number of nitrogens with zero attached hydrogens (tertiary/aromatic N) is 1. The molecule has 126 valence electrons. The van der Waals surface area contributed by atoms with Crippen LogP contribution in [0.2, 0.25) is 0 Å². The van der Waals surface area contributed by atoms with Gasteiger partial charge in [-0.15, -0.1) is 0 Å². The van der Waals surface area contributed by atoms with E-state index in [1.807, 2.05) is 0 Å². The summed E-state index contributed by atoms with van der Waals surface area (Å²) in [5.41, 5.74) is 1.32. The molecule has 0 unspecified atom stereocenters. The largest absolute Gasteiger partial charge is 0.464 e. The maximum Gasteiger partial charge on any atom is 0.356 e. The summed E-state index contributed by atoms with van der Waals surface area (Å²) in [5.74, 6) is -0.850. The van der Waals surface area contributed by atoms with Crippen molar-refractivity contribution in [1.29, 1.82) is 0 Å². The van der Waals surface area contributed by atoms with Gasteiger partial charge in [-0.05, 0) is 25.8 Å². The summed E-state index contributed by atoms with van der Waals surface area (Å²) in [6.07, 6.45) is 4.42. The van der Waals surface area contributed by atoms with Gasteiger partial charge in [0.2, 0.25) is 11.8 Å². The molecule has 7 nitrogen and oxygen atoms in total. The number of ether oxygens (including phenoxy) is 1. The van der Waals surface area contributed by atoms with Gasteiger partial charge in [-0.2, -0.15) is 0 Å². The minimum Gasteiger partial charge on any atom is -0.464 e. The molecule has 7 heteroatoms. The summed E-state index contributed by atoms with van der Waals surface area (Å²) < 4.78 is 4.68. The lowest BCUT2D eigenvalue weighted by Gasteiger charge is -2.24. The van der Waals surface area contributed by atoms with E-state index in [9.17, 15) is 14.4 Å². The molecule has 0 radical (unpaired) electrons. The number of nitrogens with one attached hydrogen (secondary N) is 2. The van der Waals surface area contributed by atoms with Gasteiger partial charge in [0.05, 0.1) is 19.3 Å². The fourth-order valence-corrected chi connectivity index (χ4v) is 2.70. The van der Waals surface area contributed by atoms with Gasteiger partial charge in [-0.25, -0.2) is 4.79 Å². The molecule has 0 bridgehead atoms. The van der Waals surface area contributed by atoms with Crippen LogP contribution in [0.4, 0.5) is 5.69 Å². The molecular formula is C16H23N3O4. The molecule has 0 aromatic carbocycles. The number of hydrogen-bond acceptors (Lipinski definition) is 4. The van der Waals surface area contributed by atoms with Crippen molar-refractivity contribution in [3.63, 3.8) is 0 Å². The van der Waals surface area contributed by atoms with Crippen molar-refractivity contribution in [3.8, 4) is 0 Å². The van der Waals surface area contributed by atoms with E-state index in [1.165, 1.54) is 7.11 Å². The van der Waals surface area contributed by atoms with Crippen LogP contribution < -0.4 is 5.32 Å². The van der Waals surface area contributed by atoms with Gasteiger partial charge in [0.1, 0.15) is 5.69 Å². The highest BCUT2D eigenvalue weighted by Gasteiger charge is 2.21. The Morgan fingerprint density at radius 2 is 2.04 bits per heavy atom. The van der Waals surface area contributed by atoms with Crippen molar-refractivity contribution in [1.82, 2.24) is 9.88 Å². The molecule has 2 N–H and O–H groups in total. The second-order valence-electron chi connectivity index (χ2n) is 5.76. The minimum atomic E-state index is -0.546. The van der Waals surface area contributed by atoms with E-state index < -0.39 is 5.97 Å². The van der Waals surface area contributed by atoms with Gasteiger partial charge in [0.15, 0.2) is 0 Å². The number of likely N-dealkylation sites (tertiary alicyclic amines) is 1. The Labute approximate surface area is 135 Å². The highest BCUT2D eigenvalue weighted by Crippen LogP contribution is 2.18. The van der Waals surface area contributed by atoms with E-state index in [4.69, 9.17) is 0 Å². The predicted octanol–water partition coefficient (Wildman–Crippen LogP) is 1.84. The number of carbonyl (C=O) groups excluding carboxylic acids is 3. The fraction of sp³-hybridized carbons (Fsp3) is 0.562. The Hall–Kier alpha value is -2.31. The lowest BCUT2D eigenvalue weighted by Crippen LogP contribution is -2.39. The van der Waals surface area contributed by atoms with Gasteiger partial charge < -0.3 is 19.9 Å². The molecule has 0 spiro atoms. The summed E-state index contributed by atoms with van der Waals surface area (Å²) in [7, 11) is 1.28. The average Bonchev–Trinajstić information content (AvgIpc) is 2.86. The van der Waals surface area contributed by atoms with Crippen LogP contribution in [-0.4, -0.2) is 47.9 Å². The number of aryl methyl sites for hydroxylation is 1. The number of carbonyl (C=O) groups is 3. The Bertz CT molecular complexity index is 594. The van der Waals surface area contributed by atoms with Crippen LogP contribution in [0.15, 0.2) is 6.07 Å². The zero-order valence-corrected chi connectivity index (χ0v) is 13.6. The average molecular weight is 321 g/mol. The van der Waals surface area contributed by atoms with E-state index in [2.05, 4.69) is 15.0 Å². The quantitative estimate of drug-likeness (QED) is 0.828. The van der Waals surface area contributed by atoms with Crippen molar-refractivity contribution in [2.24, 2.45) is 0 Å². The molecule has 2 amide bonds. The minimum absolute atomic E-state index is 0.00364. The summed E-state index contributed by atoms with van der Waals surface area (Å²) in [6.45, 7) is 2.38. The molecule has 1 fully saturated rings. The second kappa shape index (κ2) is 7.80. The van der Waals surface area contributed by atoms with E-state index in [0.29, 0.717) is 18.7 Å². The number of aromatic nitrogens is 1. The maximum absolute atomic E-state index is 12.2. The smallest absolute Gasteiger partial charge is 0.356 e. The normalized spacial score (nSPS) is 15.7. The Balaban J connectivity index is 2.01.